The van der Waals surface area contributed by atoms with Gasteiger partial charge in [0.25, 0.3) is 5.91 Å². The number of nitrogens with zero attached hydrogens (tertiary/aromatic N) is 3. The van der Waals surface area contributed by atoms with Gasteiger partial charge in [-0.1, -0.05) is 19.9 Å². The van der Waals surface area contributed by atoms with Crippen LogP contribution in [0.3, 0.4) is 0 Å². The number of carbonyl (C=O) groups is 2. The molecule has 22 heavy (non-hydrogen) atoms. The summed E-state index contributed by atoms with van der Waals surface area (Å²) in [7, 11) is 0. The molecule has 7 nitrogen and oxygen atoms in total. The molecule has 0 fully saturated rings. The number of hydrogen-bond acceptors (Lipinski definition) is 4. The minimum absolute atomic E-state index is 0.156. The first-order valence-corrected chi connectivity index (χ1v) is 6.98. The quantitative estimate of drug-likeness (QED) is 0.842. The molecule has 0 bridgehead atoms. The largest absolute Gasteiger partial charge is 0.480 e. The van der Waals surface area contributed by atoms with Gasteiger partial charge in [-0.15, -0.1) is 0 Å². The van der Waals surface area contributed by atoms with E-state index in [4.69, 9.17) is 0 Å². The fourth-order valence-corrected chi connectivity index (χ4v) is 2.01. The molecule has 7 heteroatoms. The first kappa shape index (κ1) is 15.7. The normalized spacial score (nSPS) is 12.1. The van der Waals surface area contributed by atoms with Gasteiger partial charge >= 0.3 is 5.97 Å². The van der Waals surface area contributed by atoms with E-state index in [0.717, 1.165) is 0 Å². The van der Waals surface area contributed by atoms with Crippen LogP contribution in [0.1, 0.15) is 30.8 Å². The van der Waals surface area contributed by atoms with Crippen molar-refractivity contribution >= 4 is 11.9 Å². The summed E-state index contributed by atoms with van der Waals surface area (Å²) in [4.78, 5) is 27.6. The predicted molar refractivity (Wildman–Crippen MR) is 79.7 cm³/mol. The van der Waals surface area contributed by atoms with Crippen molar-refractivity contribution in [2.24, 2.45) is 5.92 Å². The Morgan fingerprint density at radius 1 is 1.32 bits per heavy atom. The number of carbonyl (C=O) groups excluding carboxylic acids is 1. The average molecular weight is 302 g/mol. The summed E-state index contributed by atoms with van der Waals surface area (Å²) in [6, 6.07) is 5.75. The summed E-state index contributed by atoms with van der Waals surface area (Å²) in [5.41, 5.74) is 0.156. The van der Waals surface area contributed by atoms with Gasteiger partial charge in [0.05, 0.1) is 0 Å². The maximum Gasteiger partial charge on any atom is 0.326 e. The van der Waals surface area contributed by atoms with Crippen LogP contribution in [0.25, 0.3) is 5.82 Å². The number of rotatable bonds is 6. The molecular weight excluding hydrogens is 284 g/mol. The minimum Gasteiger partial charge on any atom is -0.480 e. The summed E-state index contributed by atoms with van der Waals surface area (Å²) in [5.74, 6) is -0.912. The molecular formula is C15H18N4O3. The third-order valence-electron chi connectivity index (χ3n) is 3.02. The highest BCUT2D eigenvalue weighted by Gasteiger charge is 2.22. The van der Waals surface area contributed by atoms with Crippen molar-refractivity contribution < 1.29 is 14.7 Å². The van der Waals surface area contributed by atoms with Crippen LogP contribution in [0.4, 0.5) is 0 Å². The molecule has 0 radical (unpaired) electrons. The smallest absolute Gasteiger partial charge is 0.326 e. The van der Waals surface area contributed by atoms with Crippen molar-refractivity contribution in [1.29, 1.82) is 0 Å². The molecule has 2 aromatic rings. The maximum absolute atomic E-state index is 12.2. The Bertz CT molecular complexity index is 653. The zero-order chi connectivity index (χ0) is 16.1. The van der Waals surface area contributed by atoms with Gasteiger partial charge in [0, 0.05) is 12.4 Å². The molecule has 0 aliphatic rings. The number of amides is 1. The molecule has 2 aromatic heterocycles. The van der Waals surface area contributed by atoms with Gasteiger partial charge in [-0.2, -0.15) is 5.10 Å². The van der Waals surface area contributed by atoms with Gasteiger partial charge in [-0.05, 0) is 30.5 Å². The topological polar surface area (TPSA) is 97.1 Å². The van der Waals surface area contributed by atoms with E-state index in [0.29, 0.717) is 12.2 Å². The lowest BCUT2D eigenvalue weighted by Crippen LogP contribution is -2.42. The Labute approximate surface area is 128 Å². The Morgan fingerprint density at radius 3 is 2.68 bits per heavy atom. The van der Waals surface area contributed by atoms with Crippen LogP contribution < -0.4 is 5.32 Å². The lowest BCUT2D eigenvalue weighted by molar-refractivity contribution is -0.139. The van der Waals surface area contributed by atoms with E-state index in [1.165, 1.54) is 10.7 Å². The number of carboxylic acids is 1. The van der Waals surface area contributed by atoms with Crippen LogP contribution in [0.15, 0.2) is 36.7 Å². The van der Waals surface area contributed by atoms with Crippen LogP contribution in [0.2, 0.25) is 0 Å². The number of aliphatic carboxylic acids is 1. The molecule has 0 saturated carbocycles. The van der Waals surface area contributed by atoms with Crippen LogP contribution in [0, 0.1) is 5.92 Å². The molecule has 0 aliphatic carbocycles. The first-order valence-electron chi connectivity index (χ1n) is 6.98. The number of pyridine rings is 1. The monoisotopic (exact) mass is 302 g/mol. The van der Waals surface area contributed by atoms with Gasteiger partial charge < -0.3 is 10.4 Å². The standard InChI is InChI=1S/C15H18N4O3/c1-10(2)9-12(15(21)22)18-14(20)11-5-3-6-13(17-11)19-8-4-7-16-19/h3-8,10,12H,9H2,1-2H3,(H,18,20)(H,21,22)/t12-/m0/s1. The second-order valence-corrected chi connectivity index (χ2v) is 5.33. The van der Waals surface area contributed by atoms with Crippen LogP contribution in [0.5, 0.6) is 0 Å². The molecule has 1 amide bonds. The number of nitrogens with one attached hydrogen (secondary N) is 1. The molecule has 2 rings (SSSR count). The molecule has 0 aliphatic heterocycles. The van der Waals surface area contributed by atoms with Gasteiger partial charge in [-0.25, -0.2) is 14.5 Å². The molecule has 0 unspecified atom stereocenters. The van der Waals surface area contributed by atoms with E-state index in [2.05, 4.69) is 15.4 Å². The summed E-state index contributed by atoms with van der Waals surface area (Å²) >= 11 is 0. The van der Waals surface area contributed by atoms with Crippen LogP contribution >= 0.6 is 0 Å². The fraction of sp³-hybridized carbons (Fsp3) is 0.333. The fourth-order valence-electron chi connectivity index (χ4n) is 2.01. The van der Waals surface area contributed by atoms with Gasteiger partial charge in [0.2, 0.25) is 0 Å². The molecule has 1 atom stereocenters. The summed E-state index contributed by atoms with van der Waals surface area (Å²) < 4.78 is 1.53. The summed E-state index contributed by atoms with van der Waals surface area (Å²) in [6.07, 6.45) is 3.68. The molecule has 116 valence electrons. The molecule has 0 spiro atoms. The van der Waals surface area contributed by atoms with Crippen LogP contribution in [-0.2, 0) is 4.79 Å². The van der Waals surface area contributed by atoms with Gasteiger partial charge in [0.15, 0.2) is 5.82 Å². The molecule has 2 heterocycles. The maximum atomic E-state index is 12.2. The summed E-state index contributed by atoms with van der Waals surface area (Å²) in [5, 5.41) is 15.7. The van der Waals surface area contributed by atoms with Crippen molar-refractivity contribution in [3.8, 4) is 5.82 Å². The minimum atomic E-state index is -1.05. The second kappa shape index (κ2) is 6.84. The lowest BCUT2D eigenvalue weighted by atomic mass is 10.0. The Kier molecular flexibility index (Phi) is 4.88. The zero-order valence-corrected chi connectivity index (χ0v) is 12.4. The third kappa shape index (κ3) is 3.91. The second-order valence-electron chi connectivity index (χ2n) is 5.33. The number of aromatic nitrogens is 3. The lowest BCUT2D eigenvalue weighted by Gasteiger charge is -2.16. The van der Waals surface area contributed by atoms with E-state index in [1.54, 1.807) is 30.6 Å². The van der Waals surface area contributed by atoms with E-state index in [1.807, 2.05) is 13.8 Å². The highest BCUT2D eigenvalue weighted by Crippen LogP contribution is 2.08. The summed E-state index contributed by atoms with van der Waals surface area (Å²) in [6.45, 7) is 3.80. The Morgan fingerprint density at radius 2 is 2.09 bits per heavy atom. The van der Waals surface area contributed by atoms with E-state index < -0.39 is 17.9 Å². The van der Waals surface area contributed by atoms with E-state index in [-0.39, 0.29) is 11.6 Å². The van der Waals surface area contributed by atoms with Crippen molar-refractivity contribution in [1.82, 2.24) is 20.1 Å². The van der Waals surface area contributed by atoms with Crippen molar-refractivity contribution in [3.63, 3.8) is 0 Å². The van der Waals surface area contributed by atoms with E-state index >= 15 is 0 Å². The Hall–Kier alpha value is -2.70. The van der Waals surface area contributed by atoms with Gasteiger partial charge in [-0.3, -0.25) is 4.79 Å². The van der Waals surface area contributed by atoms with E-state index in [9.17, 15) is 14.7 Å². The SMILES string of the molecule is CC(C)C[C@H](NC(=O)c1cccc(-n2cccn2)n1)C(=O)O. The Balaban J connectivity index is 2.15. The number of carboxylic acid groups (broad SMARTS) is 1. The van der Waals surface area contributed by atoms with Crippen molar-refractivity contribution in [2.75, 3.05) is 0 Å². The molecule has 2 N–H and O–H groups in total. The molecule has 0 aromatic carbocycles. The predicted octanol–water partition coefficient (Wildman–Crippen LogP) is 1.50. The van der Waals surface area contributed by atoms with Gasteiger partial charge in [0.1, 0.15) is 11.7 Å². The van der Waals surface area contributed by atoms with Crippen molar-refractivity contribution in [3.05, 3.63) is 42.4 Å². The van der Waals surface area contributed by atoms with Crippen molar-refractivity contribution in [2.45, 2.75) is 26.3 Å². The first-order chi connectivity index (χ1) is 10.5. The third-order valence-corrected chi connectivity index (χ3v) is 3.02. The zero-order valence-electron chi connectivity index (χ0n) is 12.4. The van der Waals surface area contributed by atoms with Crippen LogP contribution in [-0.4, -0.2) is 37.8 Å². The average Bonchev–Trinajstić information content (AvgIpc) is 3.00. The number of hydrogen-bond donors (Lipinski definition) is 2. The highest BCUT2D eigenvalue weighted by atomic mass is 16.4. The highest BCUT2D eigenvalue weighted by molar-refractivity contribution is 5.95. The molecule has 0 saturated heterocycles.